The van der Waals surface area contributed by atoms with Crippen LogP contribution in [0.3, 0.4) is 0 Å². The molecule has 0 aliphatic carbocycles. The van der Waals surface area contributed by atoms with Gasteiger partial charge in [-0.05, 0) is 18.2 Å². The average molecular weight is 500 g/mol. The lowest BCUT2D eigenvalue weighted by atomic mass is 10.1. The number of amides is 1. The standard InChI is InChI=1S/C25H29N3O8/c1-33-11-9-26-23(30)8-10-27-24(31)18-13-21(35-3)22(36-4)14-19(18)28(25(27)32)15-20(29)16-6-5-7-17(12-16)34-2/h5-7,12-14H,8-11,15H2,1-4H3,(H,26,30). The molecule has 192 valence electrons. The Labute approximate surface area is 207 Å². The molecule has 3 rings (SSSR count). The summed E-state index contributed by atoms with van der Waals surface area (Å²) in [4.78, 5) is 52.0. The van der Waals surface area contributed by atoms with Crippen molar-refractivity contribution in [3.05, 3.63) is 62.8 Å². The minimum Gasteiger partial charge on any atom is -0.497 e. The fourth-order valence-electron chi connectivity index (χ4n) is 3.72. The van der Waals surface area contributed by atoms with Crippen LogP contribution in [0.5, 0.6) is 17.2 Å². The number of nitrogens with one attached hydrogen (secondary N) is 1. The van der Waals surface area contributed by atoms with Crippen LogP contribution in [0.4, 0.5) is 0 Å². The van der Waals surface area contributed by atoms with E-state index < -0.39 is 11.2 Å². The van der Waals surface area contributed by atoms with Crippen molar-refractivity contribution in [3.63, 3.8) is 0 Å². The number of hydrogen-bond acceptors (Lipinski definition) is 8. The lowest BCUT2D eigenvalue weighted by molar-refractivity contribution is -0.121. The van der Waals surface area contributed by atoms with Crippen LogP contribution in [0, 0.1) is 0 Å². The Hall–Kier alpha value is -4.12. The smallest absolute Gasteiger partial charge is 0.331 e. The van der Waals surface area contributed by atoms with Crippen LogP contribution in [0.15, 0.2) is 46.0 Å². The van der Waals surface area contributed by atoms with Crippen LogP contribution in [0.1, 0.15) is 16.8 Å². The molecule has 11 heteroatoms. The van der Waals surface area contributed by atoms with Crippen LogP contribution in [0.2, 0.25) is 0 Å². The van der Waals surface area contributed by atoms with Crippen molar-refractivity contribution in [1.29, 1.82) is 0 Å². The Balaban J connectivity index is 2.10. The topological polar surface area (TPSA) is 127 Å². The van der Waals surface area contributed by atoms with Gasteiger partial charge in [-0.15, -0.1) is 0 Å². The number of hydrogen-bond donors (Lipinski definition) is 1. The third kappa shape index (κ3) is 5.74. The molecule has 0 bridgehead atoms. The Bertz CT molecular complexity index is 1380. The SMILES string of the molecule is COCCNC(=O)CCn1c(=O)c2cc(OC)c(OC)cc2n(CC(=O)c2cccc(OC)c2)c1=O. The molecule has 2 aromatic carbocycles. The molecule has 0 saturated heterocycles. The Morgan fingerprint density at radius 1 is 0.917 bits per heavy atom. The van der Waals surface area contributed by atoms with Gasteiger partial charge in [-0.25, -0.2) is 4.79 Å². The second-order valence-electron chi connectivity index (χ2n) is 7.80. The lowest BCUT2D eigenvalue weighted by Crippen LogP contribution is -2.42. The minimum absolute atomic E-state index is 0.110. The largest absolute Gasteiger partial charge is 0.497 e. The quantitative estimate of drug-likeness (QED) is 0.291. The van der Waals surface area contributed by atoms with Crippen LogP contribution >= 0.6 is 0 Å². The molecule has 3 aromatic rings. The molecule has 1 amide bonds. The fourth-order valence-corrected chi connectivity index (χ4v) is 3.72. The number of nitrogens with zero attached hydrogens (tertiary/aromatic N) is 2. The molecule has 0 radical (unpaired) electrons. The average Bonchev–Trinajstić information content (AvgIpc) is 2.90. The van der Waals surface area contributed by atoms with Crippen molar-refractivity contribution >= 4 is 22.6 Å². The van der Waals surface area contributed by atoms with Gasteiger partial charge in [-0.1, -0.05) is 12.1 Å². The van der Waals surface area contributed by atoms with E-state index in [-0.39, 0.29) is 47.9 Å². The molecule has 0 aliphatic rings. The lowest BCUT2D eigenvalue weighted by Gasteiger charge is -2.16. The molecular weight excluding hydrogens is 470 g/mol. The maximum Gasteiger partial charge on any atom is 0.331 e. The first-order valence-corrected chi connectivity index (χ1v) is 11.2. The van der Waals surface area contributed by atoms with E-state index in [1.807, 2.05) is 0 Å². The van der Waals surface area contributed by atoms with Gasteiger partial charge in [0.2, 0.25) is 5.91 Å². The predicted molar refractivity (Wildman–Crippen MR) is 132 cm³/mol. The number of carbonyl (C=O) groups is 2. The molecule has 1 heterocycles. The van der Waals surface area contributed by atoms with Gasteiger partial charge in [0.05, 0.1) is 45.4 Å². The van der Waals surface area contributed by atoms with Crippen LogP contribution in [0.25, 0.3) is 10.9 Å². The molecule has 36 heavy (non-hydrogen) atoms. The molecular formula is C25H29N3O8. The van der Waals surface area contributed by atoms with Crippen molar-refractivity contribution in [1.82, 2.24) is 14.5 Å². The highest BCUT2D eigenvalue weighted by molar-refractivity contribution is 5.97. The van der Waals surface area contributed by atoms with Gasteiger partial charge in [0.1, 0.15) is 5.75 Å². The van der Waals surface area contributed by atoms with Crippen molar-refractivity contribution in [2.75, 3.05) is 41.6 Å². The number of carbonyl (C=O) groups excluding carboxylic acids is 2. The number of benzene rings is 2. The number of rotatable bonds is 12. The molecule has 0 unspecified atom stereocenters. The number of fused-ring (bicyclic) bond motifs is 1. The monoisotopic (exact) mass is 499 g/mol. The van der Waals surface area contributed by atoms with Crippen molar-refractivity contribution < 1.29 is 28.5 Å². The summed E-state index contributed by atoms with van der Waals surface area (Å²) in [6.45, 7) is 0.118. The highest BCUT2D eigenvalue weighted by atomic mass is 16.5. The summed E-state index contributed by atoms with van der Waals surface area (Å²) in [6, 6.07) is 9.49. The first-order valence-electron chi connectivity index (χ1n) is 11.2. The molecule has 1 aromatic heterocycles. The minimum atomic E-state index is -0.722. The molecule has 11 nitrogen and oxygen atoms in total. The Kier molecular flexibility index (Phi) is 8.85. The van der Waals surface area contributed by atoms with Gasteiger partial charge in [0, 0.05) is 38.2 Å². The van der Waals surface area contributed by atoms with E-state index in [1.165, 1.54) is 45.1 Å². The van der Waals surface area contributed by atoms with Gasteiger partial charge in [-0.2, -0.15) is 0 Å². The number of ether oxygens (including phenoxy) is 4. The third-order valence-corrected chi connectivity index (χ3v) is 5.61. The Morgan fingerprint density at radius 2 is 1.64 bits per heavy atom. The maximum atomic E-state index is 13.4. The van der Waals surface area contributed by atoms with E-state index in [4.69, 9.17) is 18.9 Å². The summed E-state index contributed by atoms with van der Waals surface area (Å²) in [5, 5.41) is 2.80. The van der Waals surface area contributed by atoms with Gasteiger partial charge in [0.25, 0.3) is 5.56 Å². The number of ketones is 1. The van der Waals surface area contributed by atoms with Crippen molar-refractivity contribution in [2.24, 2.45) is 0 Å². The molecule has 0 aliphatic heterocycles. The molecule has 1 N–H and O–H groups in total. The first kappa shape index (κ1) is 26.5. The molecule has 0 atom stereocenters. The van der Waals surface area contributed by atoms with E-state index >= 15 is 0 Å². The second-order valence-corrected chi connectivity index (χ2v) is 7.80. The van der Waals surface area contributed by atoms with Crippen LogP contribution in [-0.2, 0) is 22.6 Å². The first-order chi connectivity index (χ1) is 17.3. The van der Waals surface area contributed by atoms with Gasteiger partial charge >= 0.3 is 5.69 Å². The zero-order valence-electron chi connectivity index (χ0n) is 20.7. The summed E-state index contributed by atoms with van der Waals surface area (Å²) >= 11 is 0. The number of Topliss-reactive ketones (excluding diaryl/α,β-unsaturated/α-hetero) is 1. The normalized spacial score (nSPS) is 10.8. The van der Waals surface area contributed by atoms with Crippen molar-refractivity contribution in [3.8, 4) is 17.2 Å². The van der Waals surface area contributed by atoms with Gasteiger partial charge in [-0.3, -0.25) is 23.5 Å². The highest BCUT2D eigenvalue weighted by Crippen LogP contribution is 2.30. The molecule has 0 saturated carbocycles. The van der Waals surface area contributed by atoms with E-state index in [1.54, 1.807) is 24.3 Å². The van der Waals surface area contributed by atoms with E-state index in [9.17, 15) is 19.2 Å². The zero-order valence-corrected chi connectivity index (χ0v) is 20.7. The van der Waals surface area contributed by atoms with E-state index in [0.29, 0.717) is 30.2 Å². The number of methoxy groups -OCH3 is 4. The second kappa shape index (κ2) is 12.0. The van der Waals surface area contributed by atoms with Gasteiger partial charge in [0.15, 0.2) is 17.3 Å². The fraction of sp³-hybridized carbons (Fsp3) is 0.360. The van der Waals surface area contributed by atoms with Gasteiger partial charge < -0.3 is 24.3 Å². The summed E-state index contributed by atoms with van der Waals surface area (Å²) in [5.41, 5.74) is -0.781. The summed E-state index contributed by atoms with van der Waals surface area (Å²) in [6.07, 6.45) is -0.110. The maximum absolute atomic E-state index is 13.4. The summed E-state index contributed by atoms with van der Waals surface area (Å²) in [7, 11) is 5.85. The number of aromatic nitrogens is 2. The third-order valence-electron chi connectivity index (χ3n) is 5.61. The molecule has 0 spiro atoms. The van der Waals surface area contributed by atoms with E-state index in [0.717, 1.165) is 4.57 Å². The zero-order chi connectivity index (χ0) is 26.2. The van der Waals surface area contributed by atoms with Crippen LogP contribution < -0.4 is 30.8 Å². The summed E-state index contributed by atoms with van der Waals surface area (Å²) in [5.74, 6) is 0.366. The van der Waals surface area contributed by atoms with E-state index in [2.05, 4.69) is 5.32 Å². The van der Waals surface area contributed by atoms with Crippen LogP contribution in [-0.4, -0.2) is 62.4 Å². The highest BCUT2D eigenvalue weighted by Gasteiger charge is 2.20. The summed E-state index contributed by atoms with van der Waals surface area (Å²) < 4.78 is 22.9. The molecule has 0 fully saturated rings. The predicted octanol–water partition coefficient (Wildman–Crippen LogP) is 1.22. The van der Waals surface area contributed by atoms with Crippen molar-refractivity contribution in [2.45, 2.75) is 19.5 Å². The Morgan fingerprint density at radius 3 is 2.31 bits per heavy atom.